The Hall–Kier alpha value is -0.450. The number of nitrogens with one attached hydrogen (secondary N) is 1. The molecule has 0 aliphatic rings. The van der Waals surface area contributed by atoms with E-state index in [1.807, 2.05) is 20.9 Å². The monoisotopic (exact) mass is 303 g/mol. The summed E-state index contributed by atoms with van der Waals surface area (Å²) in [7, 11) is 3.47. The van der Waals surface area contributed by atoms with Crippen LogP contribution in [0.1, 0.15) is 31.9 Å². The predicted molar refractivity (Wildman–Crippen MR) is 71.6 cm³/mol. The third-order valence-corrected chi connectivity index (χ3v) is 3.83. The highest BCUT2D eigenvalue weighted by molar-refractivity contribution is 9.10. The van der Waals surface area contributed by atoms with Crippen LogP contribution in [-0.2, 0) is 4.74 Å². The second-order valence-electron chi connectivity index (χ2n) is 4.26. The molecule has 1 N–H and O–H groups in total. The van der Waals surface area contributed by atoms with E-state index in [1.54, 1.807) is 19.2 Å². The quantitative estimate of drug-likeness (QED) is 0.896. The topological polar surface area (TPSA) is 21.3 Å². The number of ether oxygens (including phenoxy) is 1. The van der Waals surface area contributed by atoms with Crippen LogP contribution in [0.15, 0.2) is 22.7 Å². The summed E-state index contributed by atoms with van der Waals surface area (Å²) in [5.74, 6) is -0.218. The number of hydrogen-bond acceptors (Lipinski definition) is 2. The van der Waals surface area contributed by atoms with Gasteiger partial charge in [-0.05, 0) is 38.6 Å². The molecule has 0 fully saturated rings. The lowest BCUT2D eigenvalue weighted by atomic mass is 9.87. The molecular formula is C13H19BrFNO. The zero-order valence-corrected chi connectivity index (χ0v) is 12.3. The number of rotatable bonds is 5. The van der Waals surface area contributed by atoms with Crippen molar-refractivity contribution in [3.8, 4) is 0 Å². The van der Waals surface area contributed by atoms with Gasteiger partial charge in [-0.15, -0.1) is 0 Å². The fraction of sp³-hybridized carbons (Fsp3) is 0.538. The average molecular weight is 304 g/mol. The standard InChI is InChI=1S/C13H19BrFNO/c1-5-13(2,17-4)12(16-3)10-8-9(14)6-7-11(10)15/h6-8,12,16H,5H2,1-4H3. The molecular weight excluding hydrogens is 285 g/mol. The van der Waals surface area contributed by atoms with Crippen LogP contribution in [0, 0.1) is 5.82 Å². The summed E-state index contributed by atoms with van der Waals surface area (Å²) in [4.78, 5) is 0. The van der Waals surface area contributed by atoms with Crippen molar-refractivity contribution in [1.82, 2.24) is 5.32 Å². The largest absolute Gasteiger partial charge is 0.377 e. The van der Waals surface area contributed by atoms with E-state index in [4.69, 9.17) is 4.74 Å². The van der Waals surface area contributed by atoms with Crippen LogP contribution in [-0.4, -0.2) is 19.8 Å². The molecule has 0 heterocycles. The maximum atomic E-state index is 13.9. The second kappa shape index (κ2) is 5.94. The van der Waals surface area contributed by atoms with E-state index >= 15 is 0 Å². The first-order valence-corrected chi connectivity index (χ1v) is 6.45. The Kier molecular flexibility index (Phi) is 5.10. The van der Waals surface area contributed by atoms with Crippen LogP contribution in [0.25, 0.3) is 0 Å². The Balaban J connectivity index is 3.21. The first-order chi connectivity index (χ1) is 7.98. The first-order valence-electron chi connectivity index (χ1n) is 5.66. The van der Waals surface area contributed by atoms with Gasteiger partial charge in [-0.25, -0.2) is 4.39 Å². The van der Waals surface area contributed by atoms with Gasteiger partial charge in [0.1, 0.15) is 5.82 Å². The van der Waals surface area contributed by atoms with Gasteiger partial charge < -0.3 is 10.1 Å². The molecule has 4 heteroatoms. The Morgan fingerprint density at radius 2 is 2.18 bits per heavy atom. The first kappa shape index (κ1) is 14.6. The predicted octanol–water partition coefficient (Wildman–Crippen LogP) is 3.66. The Morgan fingerprint density at radius 1 is 1.53 bits per heavy atom. The highest BCUT2D eigenvalue weighted by Crippen LogP contribution is 2.33. The van der Waals surface area contributed by atoms with E-state index in [9.17, 15) is 4.39 Å². The third kappa shape index (κ3) is 3.06. The molecule has 0 saturated heterocycles. The molecule has 0 aromatic heterocycles. The number of likely N-dealkylation sites (N-methyl/N-ethyl adjacent to an activating group) is 1. The molecule has 96 valence electrons. The van der Waals surface area contributed by atoms with Gasteiger partial charge in [0.15, 0.2) is 0 Å². The minimum atomic E-state index is -0.434. The van der Waals surface area contributed by atoms with Gasteiger partial charge in [0.05, 0.1) is 11.6 Å². The molecule has 0 amide bonds. The molecule has 1 aromatic carbocycles. The van der Waals surface area contributed by atoms with Crippen molar-refractivity contribution in [2.75, 3.05) is 14.2 Å². The molecule has 0 saturated carbocycles. The van der Waals surface area contributed by atoms with Gasteiger partial charge in [0.2, 0.25) is 0 Å². The van der Waals surface area contributed by atoms with Crippen LogP contribution < -0.4 is 5.32 Å². The van der Waals surface area contributed by atoms with Crippen LogP contribution in [0.5, 0.6) is 0 Å². The van der Waals surface area contributed by atoms with E-state index in [1.165, 1.54) is 6.07 Å². The van der Waals surface area contributed by atoms with Crippen molar-refractivity contribution >= 4 is 15.9 Å². The maximum Gasteiger partial charge on any atom is 0.128 e. The van der Waals surface area contributed by atoms with Crippen molar-refractivity contribution in [2.45, 2.75) is 31.9 Å². The van der Waals surface area contributed by atoms with Crippen molar-refractivity contribution in [1.29, 1.82) is 0 Å². The highest BCUT2D eigenvalue weighted by Gasteiger charge is 2.34. The van der Waals surface area contributed by atoms with Gasteiger partial charge in [-0.3, -0.25) is 0 Å². The van der Waals surface area contributed by atoms with Crippen molar-refractivity contribution in [3.63, 3.8) is 0 Å². The van der Waals surface area contributed by atoms with Crippen molar-refractivity contribution < 1.29 is 9.13 Å². The molecule has 1 rings (SSSR count). The maximum absolute atomic E-state index is 13.9. The molecule has 0 aliphatic carbocycles. The van der Waals surface area contributed by atoms with E-state index in [0.717, 1.165) is 10.9 Å². The van der Waals surface area contributed by atoms with E-state index < -0.39 is 5.60 Å². The summed E-state index contributed by atoms with van der Waals surface area (Å²) in [5.41, 5.74) is 0.184. The second-order valence-corrected chi connectivity index (χ2v) is 5.17. The van der Waals surface area contributed by atoms with E-state index in [2.05, 4.69) is 21.2 Å². The Morgan fingerprint density at radius 3 is 2.65 bits per heavy atom. The smallest absolute Gasteiger partial charge is 0.128 e. The number of hydrogen-bond donors (Lipinski definition) is 1. The van der Waals surface area contributed by atoms with Crippen LogP contribution in [0.2, 0.25) is 0 Å². The van der Waals surface area contributed by atoms with Crippen LogP contribution in [0.4, 0.5) is 4.39 Å². The lowest BCUT2D eigenvalue weighted by Gasteiger charge is -2.36. The van der Waals surface area contributed by atoms with Gasteiger partial charge in [0.25, 0.3) is 0 Å². The molecule has 1 aromatic rings. The van der Waals surface area contributed by atoms with Crippen molar-refractivity contribution in [3.05, 3.63) is 34.1 Å². The Labute approximate surface area is 111 Å². The van der Waals surface area contributed by atoms with E-state index in [-0.39, 0.29) is 11.9 Å². The third-order valence-electron chi connectivity index (χ3n) is 3.34. The molecule has 0 bridgehead atoms. The number of methoxy groups -OCH3 is 1. The molecule has 0 aliphatic heterocycles. The number of halogens is 2. The zero-order valence-electron chi connectivity index (χ0n) is 10.7. The number of benzene rings is 1. The van der Waals surface area contributed by atoms with Gasteiger partial charge >= 0.3 is 0 Å². The summed E-state index contributed by atoms with van der Waals surface area (Å²) in [5, 5.41) is 3.14. The van der Waals surface area contributed by atoms with Crippen molar-refractivity contribution in [2.24, 2.45) is 0 Å². The molecule has 2 unspecified atom stereocenters. The summed E-state index contributed by atoms with van der Waals surface area (Å²) < 4.78 is 20.3. The van der Waals surface area contributed by atoms with Crippen LogP contribution in [0.3, 0.4) is 0 Å². The normalized spacial score (nSPS) is 16.6. The molecule has 2 atom stereocenters. The molecule has 17 heavy (non-hydrogen) atoms. The van der Waals surface area contributed by atoms with Gasteiger partial charge in [-0.1, -0.05) is 22.9 Å². The minimum absolute atomic E-state index is 0.185. The SMILES string of the molecule is CCC(C)(OC)C(NC)c1cc(Br)ccc1F. The lowest BCUT2D eigenvalue weighted by Crippen LogP contribution is -2.41. The molecule has 2 nitrogen and oxygen atoms in total. The van der Waals surface area contributed by atoms with Gasteiger partial charge in [0, 0.05) is 17.1 Å². The summed E-state index contributed by atoms with van der Waals surface area (Å²) in [6.45, 7) is 4.01. The summed E-state index contributed by atoms with van der Waals surface area (Å²) in [6, 6.07) is 4.77. The Bertz CT molecular complexity index is 380. The summed E-state index contributed by atoms with van der Waals surface area (Å²) in [6.07, 6.45) is 0.793. The molecule has 0 spiro atoms. The average Bonchev–Trinajstić information content (AvgIpc) is 2.34. The fourth-order valence-electron chi connectivity index (χ4n) is 1.99. The lowest BCUT2D eigenvalue weighted by molar-refractivity contribution is -0.0289. The van der Waals surface area contributed by atoms with Gasteiger partial charge in [-0.2, -0.15) is 0 Å². The summed E-state index contributed by atoms with van der Waals surface area (Å²) >= 11 is 3.37. The zero-order chi connectivity index (χ0) is 13.1. The highest BCUT2D eigenvalue weighted by atomic mass is 79.9. The minimum Gasteiger partial charge on any atom is -0.377 e. The molecule has 0 radical (unpaired) electrons. The van der Waals surface area contributed by atoms with E-state index in [0.29, 0.717) is 5.56 Å². The fourth-order valence-corrected chi connectivity index (χ4v) is 2.37. The van der Waals surface area contributed by atoms with Crippen LogP contribution >= 0.6 is 15.9 Å².